The largest absolute Gasteiger partial charge is 0.456 e. The number of carbonyl (C=O) groups is 5. The van der Waals surface area contributed by atoms with Crippen molar-refractivity contribution >= 4 is 29.8 Å². The van der Waals surface area contributed by atoms with Gasteiger partial charge < -0.3 is 49.4 Å². The van der Waals surface area contributed by atoms with Gasteiger partial charge in [0.05, 0.1) is 35.6 Å². The third-order valence-electron chi connectivity index (χ3n) is 12.6. The number of benzene rings is 2. The van der Waals surface area contributed by atoms with Crippen LogP contribution in [0.25, 0.3) is 0 Å². The van der Waals surface area contributed by atoms with E-state index in [2.05, 4.69) is 5.32 Å². The standard InChI is InChI=1S/C43H53NO14/c1-22-26(55-37(51)32(48)30(24-15-11-9-12-16-24)44-38(52)58-39(3,4)5)20-43(53)35(56-36(50)25-17-13-10-14-18-25)33-41(8,34(49)31(47)29(22)40(43,6)7)27(46)19-28-42(33,21-54-28)57-23(2)45/h9-18,26-28,30-33,35,46-48,53H,19-21H2,1-8H3,(H,44,52)/t26-,27+,28+,30+,31+,32+,33-,35-,41-,42+,43-/m0/s1. The summed E-state index contributed by atoms with van der Waals surface area (Å²) in [6.07, 6.45) is -11.5. The number of Topliss-reactive ketones (excluding diaryl/α,β-unsaturated/α-hetero) is 1. The normalized spacial score (nSPS) is 33.7. The second-order valence-corrected chi connectivity index (χ2v) is 17.6. The second-order valence-electron chi connectivity index (χ2n) is 17.6. The maximum absolute atomic E-state index is 14.9. The Morgan fingerprint density at radius 3 is 2.10 bits per heavy atom. The van der Waals surface area contributed by atoms with Crippen molar-refractivity contribution in [2.24, 2.45) is 16.7 Å². The molecule has 2 saturated carbocycles. The Bertz CT molecular complexity index is 1980. The lowest BCUT2D eigenvalue weighted by atomic mass is 9.44. The number of nitrogens with one attached hydrogen (secondary N) is 1. The predicted molar refractivity (Wildman–Crippen MR) is 204 cm³/mol. The van der Waals surface area contributed by atoms with Gasteiger partial charge in [0.2, 0.25) is 0 Å². The number of amides is 1. The van der Waals surface area contributed by atoms with Crippen molar-refractivity contribution in [1.82, 2.24) is 5.32 Å². The van der Waals surface area contributed by atoms with Crippen LogP contribution < -0.4 is 5.32 Å². The minimum atomic E-state index is -2.35. The van der Waals surface area contributed by atoms with Gasteiger partial charge in [-0.25, -0.2) is 14.4 Å². The van der Waals surface area contributed by atoms with Crippen LogP contribution in [0, 0.1) is 16.7 Å². The van der Waals surface area contributed by atoms with Crippen LogP contribution in [0.5, 0.6) is 0 Å². The maximum atomic E-state index is 14.9. The Kier molecular flexibility index (Phi) is 11.2. The average molecular weight is 808 g/mol. The summed E-state index contributed by atoms with van der Waals surface area (Å²) in [6.45, 7) is 11.8. The minimum absolute atomic E-state index is 0.0637. The summed E-state index contributed by atoms with van der Waals surface area (Å²) in [5.74, 6) is -5.36. The smallest absolute Gasteiger partial charge is 0.408 e. The monoisotopic (exact) mass is 807 g/mol. The zero-order chi connectivity index (χ0) is 42.7. The van der Waals surface area contributed by atoms with Crippen molar-refractivity contribution in [2.75, 3.05) is 6.61 Å². The summed E-state index contributed by atoms with van der Waals surface area (Å²) in [6, 6.07) is 14.6. The molecule has 1 amide bonds. The van der Waals surface area contributed by atoms with Gasteiger partial charge in [-0.05, 0) is 63.5 Å². The Morgan fingerprint density at radius 1 is 0.948 bits per heavy atom. The highest BCUT2D eigenvalue weighted by atomic mass is 16.6. The molecule has 5 N–H and O–H groups in total. The Balaban J connectivity index is 1.49. The molecular formula is C43H53NO14. The van der Waals surface area contributed by atoms with Gasteiger partial charge in [-0.1, -0.05) is 62.4 Å². The molecule has 0 aromatic heterocycles. The maximum Gasteiger partial charge on any atom is 0.408 e. The summed E-state index contributed by atoms with van der Waals surface area (Å²) in [5.41, 5.74) is -8.14. The van der Waals surface area contributed by atoms with Crippen LogP contribution in [-0.2, 0) is 38.1 Å². The van der Waals surface area contributed by atoms with Crippen LogP contribution in [0.4, 0.5) is 4.79 Å². The number of fused-ring (bicyclic) bond motifs is 5. The lowest BCUT2D eigenvalue weighted by molar-refractivity contribution is -0.346. The van der Waals surface area contributed by atoms with Gasteiger partial charge in [-0.2, -0.15) is 0 Å². The second kappa shape index (κ2) is 15.2. The van der Waals surface area contributed by atoms with Crippen LogP contribution in [0.2, 0.25) is 0 Å². The molecule has 2 aromatic rings. The Morgan fingerprint density at radius 2 is 1.55 bits per heavy atom. The Hall–Kier alpha value is -4.67. The number of hydrogen-bond donors (Lipinski definition) is 5. The van der Waals surface area contributed by atoms with Crippen LogP contribution in [-0.4, -0.2) is 110 Å². The van der Waals surface area contributed by atoms with Crippen molar-refractivity contribution in [3.8, 4) is 0 Å². The molecule has 2 aromatic carbocycles. The van der Waals surface area contributed by atoms with Crippen LogP contribution in [0.15, 0.2) is 71.8 Å². The molecule has 58 heavy (non-hydrogen) atoms. The van der Waals surface area contributed by atoms with E-state index in [4.69, 9.17) is 23.7 Å². The minimum Gasteiger partial charge on any atom is -0.456 e. The van der Waals surface area contributed by atoms with Crippen LogP contribution in [0.1, 0.15) is 90.2 Å². The van der Waals surface area contributed by atoms with Crippen molar-refractivity contribution in [3.05, 3.63) is 82.9 Å². The molecule has 4 aliphatic rings. The van der Waals surface area contributed by atoms with Gasteiger partial charge in [-0.15, -0.1) is 0 Å². The molecule has 314 valence electrons. The van der Waals surface area contributed by atoms with E-state index in [1.165, 1.54) is 26.0 Å². The van der Waals surface area contributed by atoms with Gasteiger partial charge in [0, 0.05) is 25.2 Å². The molecule has 3 fully saturated rings. The molecule has 2 bridgehead atoms. The van der Waals surface area contributed by atoms with E-state index in [-0.39, 0.29) is 29.7 Å². The first-order valence-corrected chi connectivity index (χ1v) is 19.3. The lowest BCUT2D eigenvalue weighted by Crippen LogP contribution is -2.81. The lowest BCUT2D eigenvalue weighted by Gasteiger charge is -2.67. The molecule has 1 aliphatic heterocycles. The molecule has 11 atom stereocenters. The van der Waals surface area contributed by atoms with Gasteiger partial charge in [0.15, 0.2) is 17.5 Å². The van der Waals surface area contributed by atoms with Gasteiger partial charge in [0.25, 0.3) is 0 Å². The Labute approximate surface area is 336 Å². The molecule has 0 unspecified atom stereocenters. The topological polar surface area (TPSA) is 224 Å². The summed E-state index contributed by atoms with van der Waals surface area (Å²) >= 11 is 0. The van der Waals surface area contributed by atoms with Crippen molar-refractivity contribution in [1.29, 1.82) is 0 Å². The van der Waals surface area contributed by atoms with E-state index in [1.807, 2.05) is 0 Å². The SMILES string of the molecule is CC(=O)O[C@]12CO[C@@H]1C[C@@H](O)[C@]1(C)C(=O)[C@H](O)C3=C(C)[C@@H](OC(=O)[C@H](O)[C@H](NC(=O)OC(C)(C)C)c4ccccc4)C[C@](O)([C@@H](OC(=O)c4ccccc4)[C@H]21)C3(C)C. The van der Waals surface area contributed by atoms with E-state index >= 15 is 0 Å². The fourth-order valence-electron chi connectivity index (χ4n) is 9.56. The fourth-order valence-corrected chi connectivity index (χ4v) is 9.56. The van der Waals surface area contributed by atoms with Crippen molar-refractivity contribution < 1.29 is 68.1 Å². The van der Waals surface area contributed by atoms with E-state index in [0.29, 0.717) is 5.56 Å². The zero-order valence-corrected chi connectivity index (χ0v) is 33.9. The van der Waals surface area contributed by atoms with E-state index in [0.717, 1.165) is 6.92 Å². The molecule has 15 nitrogen and oxygen atoms in total. The highest BCUT2D eigenvalue weighted by molar-refractivity contribution is 5.94. The number of carbonyl (C=O) groups excluding carboxylic acids is 5. The molecular weight excluding hydrogens is 754 g/mol. The van der Waals surface area contributed by atoms with Crippen LogP contribution >= 0.6 is 0 Å². The van der Waals surface area contributed by atoms with Crippen LogP contribution in [0.3, 0.4) is 0 Å². The first-order chi connectivity index (χ1) is 27.0. The number of rotatable bonds is 8. The van der Waals surface area contributed by atoms with Gasteiger partial charge in [0.1, 0.15) is 35.6 Å². The number of ether oxygens (including phenoxy) is 5. The quantitative estimate of drug-likeness (QED) is 0.147. The van der Waals surface area contributed by atoms with Crippen molar-refractivity contribution in [2.45, 2.75) is 128 Å². The number of alkyl carbamates (subject to hydrolysis) is 1. The van der Waals surface area contributed by atoms with Gasteiger partial charge in [-0.3, -0.25) is 9.59 Å². The number of aliphatic hydroxyl groups excluding tert-OH is 3. The van der Waals surface area contributed by atoms with Gasteiger partial charge >= 0.3 is 24.0 Å². The summed E-state index contributed by atoms with van der Waals surface area (Å²) in [7, 11) is 0. The molecule has 15 heteroatoms. The zero-order valence-electron chi connectivity index (χ0n) is 33.9. The van der Waals surface area contributed by atoms with Crippen molar-refractivity contribution in [3.63, 3.8) is 0 Å². The molecule has 0 radical (unpaired) electrons. The predicted octanol–water partition coefficient (Wildman–Crippen LogP) is 3.26. The number of aliphatic hydroxyl groups is 4. The van der Waals surface area contributed by atoms with E-state index in [1.54, 1.807) is 83.1 Å². The first kappa shape index (κ1) is 42.9. The first-order valence-electron chi connectivity index (χ1n) is 19.3. The number of ketones is 1. The highest BCUT2D eigenvalue weighted by Crippen LogP contribution is 2.64. The highest BCUT2D eigenvalue weighted by Gasteiger charge is 2.78. The molecule has 6 rings (SSSR count). The fraction of sp³-hybridized carbons (Fsp3) is 0.558. The third-order valence-corrected chi connectivity index (χ3v) is 12.6. The molecule has 3 aliphatic carbocycles. The molecule has 1 saturated heterocycles. The molecule has 0 spiro atoms. The van der Waals surface area contributed by atoms with E-state index < -0.39 is 112 Å². The molecule has 1 heterocycles. The number of esters is 3. The summed E-state index contributed by atoms with van der Waals surface area (Å²) in [4.78, 5) is 68.9. The summed E-state index contributed by atoms with van der Waals surface area (Å²) < 4.78 is 29.5. The third kappa shape index (κ3) is 7.10. The number of hydrogen-bond acceptors (Lipinski definition) is 14. The van der Waals surface area contributed by atoms with E-state index in [9.17, 15) is 44.4 Å². The summed E-state index contributed by atoms with van der Waals surface area (Å²) in [5, 5.41) is 51.6. The average Bonchev–Trinajstić information content (AvgIpc) is 3.14.